The van der Waals surface area contributed by atoms with Gasteiger partial charge in [-0.2, -0.15) is 5.01 Å². The number of thiocarbonyl (C=S) groups is 1. The molecule has 11 heteroatoms. The smallest absolute Gasteiger partial charge is 0.338 e. The van der Waals surface area contributed by atoms with Crippen molar-refractivity contribution in [3.05, 3.63) is 61.9 Å². The van der Waals surface area contributed by atoms with Gasteiger partial charge in [0.1, 0.15) is 5.75 Å². The van der Waals surface area contributed by atoms with Crippen LogP contribution in [0.1, 0.15) is 5.56 Å². The molecule has 1 heterocycles. The van der Waals surface area contributed by atoms with Crippen LogP contribution in [0, 0.1) is 0 Å². The van der Waals surface area contributed by atoms with Gasteiger partial charge in [-0.05, 0) is 54.2 Å². The first-order valence-corrected chi connectivity index (χ1v) is 9.89. The van der Waals surface area contributed by atoms with Gasteiger partial charge >= 0.3 is 6.03 Å². The number of carbonyl (C=O) groups excluding carboxylic acids is 2. The summed E-state index contributed by atoms with van der Waals surface area (Å²) in [6, 6.07) is 8.41. The lowest BCUT2D eigenvalue weighted by Gasteiger charge is -2.16. The Hall–Kier alpha value is -1.97. The molecule has 0 atom stereocenters. The Morgan fingerprint density at radius 3 is 2.54 bits per heavy atom. The highest BCUT2D eigenvalue weighted by atomic mass is 35.5. The van der Waals surface area contributed by atoms with Crippen LogP contribution in [0.3, 0.4) is 0 Å². The first-order valence-electron chi connectivity index (χ1n) is 7.54. The highest BCUT2D eigenvalue weighted by Crippen LogP contribution is 2.33. The normalized spacial score (nSPS) is 15.2. The third-order valence-electron chi connectivity index (χ3n) is 3.45. The highest BCUT2D eigenvalue weighted by Gasteiger charge is 2.33. The maximum absolute atomic E-state index is 12.5. The van der Waals surface area contributed by atoms with Gasteiger partial charge in [-0.15, -0.1) is 0 Å². The minimum atomic E-state index is -0.677. The van der Waals surface area contributed by atoms with E-state index >= 15 is 0 Å². The van der Waals surface area contributed by atoms with Gasteiger partial charge in [0, 0.05) is 5.69 Å². The number of benzene rings is 2. The third kappa shape index (κ3) is 4.71. The number of carbonyl (C=O) groups is 2. The van der Waals surface area contributed by atoms with Gasteiger partial charge in [0.25, 0.3) is 5.91 Å². The molecule has 1 saturated heterocycles. The van der Waals surface area contributed by atoms with E-state index < -0.39 is 11.9 Å². The van der Waals surface area contributed by atoms with Gasteiger partial charge in [0.2, 0.25) is 0 Å². The summed E-state index contributed by atoms with van der Waals surface area (Å²) < 4.78 is 0.158. The first-order chi connectivity index (χ1) is 13.2. The monoisotopic (exact) mass is 473 g/mol. The van der Waals surface area contributed by atoms with Gasteiger partial charge in [-0.1, -0.05) is 52.6 Å². The number of nitrogens with zero attached hydrogens (tertiary/aromatic N) is 1. The van der Waals surface area contributed by atoms with Crippen molar-refractivity contribution in [2.45, 2.75) is 0 Å². The Kier molecular flexibility index (Phi) is 6.36. The molecular formula is C17H10Cl3N3O3S2. The Labute approximate surface area is 184 Å². The number of hydrazine groups is 1. The third-order valence-corrected chi connectivity index (χ3v) is 5.80. The number of nitrogens with one attached hydrogen (secondary N) is 2. The van der Waals surface area contributed by atoms with Gasteiger partial charge in [-0.25, -0.2) is 10.2 Å². The van der Waals surface area contributed by atoms with Crippen LogP contribution in [0.2, 0.25) is 15.1 Å². The number of hydrogen-bond acceptors (Lipinski definition) is 5. The zero-order valence-electron chi connectivity index (χ0n) is 13.7. The minimum Gasteiger partial charge on any atom is -0.506 e. The summed E-state index contributed by atoms with van der Waals surface area (Å²) in [4.78, 5) is 25.0. The topological polar surface area (TPSA) is 81.7 Å². The summed E-state index contributed by atoms with van der Waals surface area (Å²) in [5.41, 5.74) is 3.38. The summed E-state index contributed by atoms with van der Waals surface area (Å²) in [6.45, 7) is 0. The van der Waals surface area contributed by atoms with Gasteiger partial charge in [0.05, 0.1) is 20.0 Å². The van der Waals surface area contributed by atoms with Crippen molar-refractivity contribution in [3.8, 4) is 5.75 Å². The molecule has 0 radical (unpaired) electrons. The van der Waals surface area contributed by atoms with Crippen LogP contribution in [-0.4, -0.2) is 26.4 Å². The zero-order chi connectivity index (χ0) is 20.4. The lowest BCUT2D eigenvalue weighted by Crippen LogP contribution is -2.46. The fourth-order valence-corrected chi connectivity index (χ4v) is 3.83. The van der Waals surface area contributed by atoms with E-state index in [1.54, 1.807) is 18.2 Å². The molecule has 1 aliphatic rings. The number of urea groups is 1. The van der Waals surface area contributed by atoms with Crippen molar-refractivity contribution in [1.82, 2.24) is 10.4 Å². The average molecular weight is 475 g/mol. The molecule has 0 spiro atoms. The van der Waals surface area contributed by atoms with Crippen LogP contribution in [0.4, 0.5) is 10.5 Å². The molecule has 0 bridgehead atoms. The number of amides is 3. The van der Waals surface area contributed by atoms with E-state index in [1.807, 2.05) is 0 Å². The van der Waals surface area contributed by atoms with Crippen LogP contribution in [0.5, 0.6) is 5.75 Å². The number of phenols is 1. The number of halogens is 3. The SMILES string of the molecule is O=C(Nc1ccc(Cl)c(Cl)c1)NN1C(=O)/C(=C\c2ccc(O)c(Cl)c2)SC1=S. The van der Waals surface area contributed by atoms with Crippen molar-refractivity contribution in [2.24, 2.45) is 0 Å². The molecule has 0 unspecified atom stereocenters. The van der Waals surface area contributed by atoms with Crippen molar-refractivity contribution in [1.29, 1.82) is 0 Å². The Balaban J connectivity index is 1.70. The zero-order valence-corrected chi connectivity index (χ0v) is 17.6. The van der Waals surface area contributed by atoms with Crippen molar-refractivity contribution >= 4 is 86.8 Å². The second kappa shape index (κ2) is 8.59. The molecule has 144 valence electrons. The summed E-state index contributed by atoms with van der Waals surface area (Å²) in [6.07, 6.45) is 1.56. The van der Waals surface area contributed by atoms with Crippen LogP contribution in [-0.2, 0) is 4.79 Å². The summed E-state index contributed by atoms with van der Waals surface area (Å²) in [5.74, 6) is -0.560. The van der Waals surface area contributed by atoms with Crippen LogP contribution >= 0.6 is 58.8 Å². The molecule has 1 aliphatic heterocycles. The van der Waals surface area contributed by atoms with Crippen LogP contribution in [0.15, 0.2) is 41.3 Å². The number of hydrogen-bond donors (Lipinski definition) is 3. The molecule has 2 aromatic carbocycles. The van der Waals surface area contributed by atoms with Crippen molar-refractivity contribution in [2.75, 3.05) is 5.32 Å². The number of aromatic hydroxyl groups is 1. The average Bonchev–Trinajstić information content (AvgIpc) is 2.89. The fraction of sp³-hybridized carbons (Fsp3) is 0. The van der Waals surface area contributed by atoms with Gasteiger partial charge in [0.15, 0.2) is 4.32 Å². The van der Waals surface area contributed by atoms with E-state index in [2.05, 4.69) is 10.7 Å². The van der Waals surface area contributed by atoms with E-state index in [-0.39, 0.29) is 20.1 Å². The van der Waals surface area contributed by atoms with Crippen LogP contribution in [0.25, 0.3) is 6.08 Å². The number of phenolic OH excluding ortho intramolecular Hbond substituents is 1. The van der Waals surface area contributed by atoms with E-state index in [9.17, 15) is 14.7 Å². The second-order valence-corrected chi connectivity index (χ2v) is 8.32. The number of thioether (sulfide) groups is 1. The van der Waals surface area contributed by atoms with Crippen LogP contribution < -0.4 is 10.7 Å². The summed E-state index contributed by atoms with van der Waals surface area (Å²) >= 11 is 23.8. The standard InChI is InChI=1S/C17H10Cl3N3O3S2/c18-10-3-2-9(7-11(10)19)21-16(26)22-23-15(25)14(28-17(23)27)6-8-1-4-13(24)12(20)5-8/h1-7,24H,(H2,21,22,26)/b14-6+. The van der Waals surface area contributed by atoms with Gasteiger partial charge < -0.3 is 10.4 Å². The molecule has 0 aromatic heterocycles. The molecule has 6 nitrogen and oxygen atoms in total. The number of rotatable bonds is 3. The van der Waals surface area contributed by atoms with E-state index in [0.717, 1.165) is 16.8 Å². The molecule has 0 saturated carbocycles. The molecule has 0 aliphatic carbocycles. The largest absolute Gasteiger partial charge is 0.506 e. The van der Waals surface area contributed by atoms with E-state index in [4.69, 9.17) is 47.0 Å². The maximum atomic E-state index is 12.5. The minimum absolute atomic E-state index is 0.0630. The van der Waals surface area contributed by atoms with Crippen molar-refractivity contribution in [3.63, 3.8) is 0 Å². The molecular weight excluding hydrogens is 465 g/mol. The van der Waals surface area contributed by atoms with E-state index in [1.165, 1.54) is 24.3 Å². The molecule has 3 amide bonds. The first kappa shape index (κ1) is 20.8. The Morgan fingerprint density at radius 1 is 1.11 bits per heavy atom. The lowest BCUT2D eigenvalue weighted by atomic mass is 10.2. The molecule has 2 aromatic rings. The van der Waals surface area contributed by atoms with E-state index in [0.29, 0.717) is 21.2 Å². The quantitative estimate of drug-likeness (QED) is 0.416. The Bertz CT molecular complexity index is 1030. The fourth-order valence-electron chi connectivity index (χ4n) is 2.16. The summed E-state index contributed by atoms with van der Waals surface area (Å²) in [7, 11) is 0. The van der Waals surface area contributed by atoms with Gasteiger partial charge in [-0.3, -0.25) is 4.79 Å². The van der Waals surface area contributed by atoms with Crippen molar-refractivity contribution < 1.29 is 14.7 Å². The highest BCUT2D eigenvalue weighted by molar-refractivity contribution is 8.26. The molecule has 1 fully saturated rings. The Morgan fingerprint density at radius 2 is 1.86 bits per heavy atom. The molecule has 3 rings (SSSR count). The maximum Gasteiger partial charge on any atom is 0.338 e. The molecule has 28 heavy (non-hydrogen) atoms. The summed E-state index contributed by atoms with van der Waals surface area (Å²) in [5, 5.41) is 13.7. The predicted octanol–water partition coefficient (Wildman–Crippen LogP) is 5.29. The second-order valence-electron chi connectivity index (χ2n) is 5.42. The lowest BCUT2D eigenvalue weighted by molar-refractivity contribution is -0.123. The number of anilines is 1. The molecule has 3 N–H and O–H groups in total. The predicted molar refractivity (Wildman–Crippen MR) is 117 cm³/mol.